The van der Waals surface area contributed by atoms with Gasteiger partial charge < -0.3 is 29.6 Å². The largest absolute Gasteiger partial charge is 0.465 e. The number of pyridine rings is 2. The zero-order valence-corrected chi connectivity index (χ0v) is 22.0. The number of esters is 1. The number of ether oxygens (including phenoxy) is 2. The van der Waals surface area contributed by atoms with Crippen molar-refractivity contribution in [3.8, 4) is 11.8 Å². The Morgan fingerprint density at radius 3 is 2.74 bits per heavy atom. The Balaban J connectivity index is 0.000000223. The average molecular weight is 524 g/mol. The molecule has 0 bridgehead atoms. The molecule has 2 N–H and O–H groups in total. The lowest BCUT2D eigenvalue weighted by Crippen LogP contribution is -2.32. The van der Waals surface area contributed by atoms with Crippen molar-refractivity contribution in [1.82, 2.24) is 14.9 Å². The zero-order chi connectivity index (χ0) is 27.0. The molecule has 10 nitrogen and oxygen atoms in total. The Bertz CT molecular complexity index is 1140. The van der Waals surface area contributed by atoms with Gasteiger partial charge in [0.05, 0.1) is 30.3 Å². The van der Waals surface area contributed by atoms with Crippen LogP contribution in [0.15, 0.2) is 41.6 Å². The highest BCUT2D eigenvalue weighted by atomic mass is 16.5. The van der Waals surface area contributed by atoms with Crippen molar-refractivity contribution < 1.29 is 19.1 Å². The lowest BCUT2D eigenvalue weighted by atomic mass is 10.1. The van der Waals surface area contributed by atoms with E-state index in [2.05, 4.69) is 38.4 Å². The van der Waals surface area contributed by atoms with Crippen molar-refractivity contribution in [2.45, 2.75) is 51.7 Å². The second-order valence-corrected chi connectivity index (χ2v) is 8.99. The predicted molar refractivity (Wildman–Crippen MR) is 146 cm³/mol. The standard InChI is InChI=1S/C18H25N3O.C10H12N2O4/c1-2-10-21(11-3-1)17-13-16(14-20-15-17)5-4-12-22-18-6-8-19-9-7-18;1-2-16-10(15)6-12-5-8(11-7-13)3-4-9(12)14/h13-15,18-19H,1-3,6-12H2;3-5,7H,2,6H2,1H3,(H,11,13). The number of amides is 1. The summed E-state index contributed by atoms with van der Waals surface area (Å²) in [4.78, 5) is 39.5. The number of aromatic nitrogens is 2. The van der Waals surface area contributed by atoms with Crippen LogP contribution in [0.5, 0.6) is 0 Å². The molecular weight excluding hydrogens is 486 g/mol. The first-order valence-corrected chi connectivity index (χ1v) is 13.2. The molecule has 0 saturated carbocycles. The first kappa shape index (κ1) is 28.9. The van der Waals surface area contributed by atoms with Crippen LogP contribution in [0.4, 0.5) is 11.4 Å². The van der Waals surface area contributed by atoms with Gasteiger partial charge in [-0.3, -0.25) is 19.4 Å². The SMILES string of the molecule is C(#Cc1cncc(N2CCCCC2)c1)COC1CCNCC1.CCOC(=O)Cn1cc(NC=O)ccc1=O. The first-order valence-electron chi connectivity index (χ1n) is 13.2. The molecule has 2 fully saturated rings. The molecule has 2 aromatic heterocycles. The summed E-state index contributed by atoms with van der Waals surface area (Å²) in [6.45, 7) is 6.68. The number of nitrogens with one attached hydrogen (secondary N) is 2. The summed E-state index contributed by atoms with van der Waals surface area (Å²) in [5.41, 5.74) is 2.30. The lowest BCUT2D eigenvalue weighted by Gasteiger charge is -2.28. The molecular formula is C28H37N5O5. The van der Waals surface area contributed by atoms with E-state index in [0.717, 1.165) is 44.6 Å². The van der Waals surface area contributed by atoms with Gasteiger partial charge in [-0.15, -0.1) is 0 Å². The summed E-state index contributed by atoms with van der Waals surface area (Å²) in [5.74, 6) is 5.82. The van der Waals surface area contributed by atoms with Crippen LogP contribution in [0.2, 0.25) is 0 Å². The van der Waals surface area contributed by atoms with E-state index in [9.17, 15) is 14.4 Å². The summed E-state index contributed by atoms with van der Waals surface area (Å²) in [6.07, 6.45) is 12.1. The highest BCUT2D eigenvalue weighted by Crippen LogP contribution is 2.19. The summed E-state index contributed by atoms with van der Waals surface area (Å²) in [7, 11) is 0. The van der Waals surface area contributed by atoms with Crippen molar-refractivity contribution in [1.29, 1.82) is 0 Å². The van der Waals surface area contributed by atoms with E-state index >= 15 is 0 Å². The van der Waals surface area contributed by atoms with E-state index in [0.29, 0.717) is 24.8 Å². The summed E-state index contributed by atoms with van der Waals surface area (Å²) in [6, 6.07) is 4.87. The highest BCUT2D eigenvalue weighted by molar-refractivity contribution is 5.71. The fourth-order valence-corrected chi connectivity index (χ4v) is 4.24. The van der Waals surface area contributed by atoms with Crippen molar-refractivity contribution in [3.63, 3.8) is 0 Å². The Labute approximate surface area is 223 Å². The van der Waals surface area contributed by atoms with Crippen molar-refractivity contribution in [2.24, 2.45) is 0 Å². The molecule has 0 unspecified atom stereocenters. The van der Waals surface area contributed by atoms with E-state index in [-0.39, 0.29) is 18.7 Å². The maximum absolute atomic E-state index is 11.4. The van der Waals surface area contributed by atoms with Gasteiger partial charge in [0.2, 0.25) is 6.41 Å². The molecule has 10 heteroatoms. The van der Waals surface area contributed by atoms with Crippen molar-refractivity contribution in [2.75, 3.05) is 49.6 Å². The minimum Gasteiger partial charge on any atom is -0.465 e. The average Bonchev–Trinajstić information content (AvgIpc) is 2.95. The number of piperidine rings is 2. The van der Waals surface area contributed by atoms with E-state index in [1.807, 2.05) is 12.4 Å². The number of nitrogens with zero attached hydrogens (tertiary/aromatic N) is 3. The van der Waals surface area contributed by atoms with Gasteiger partial charge in [-0.05, 0) is 64.3 Å². The summed E-state index contributed by atoms with van der Waals surface area (Å²) in [5, 5.41) is 5.73. The van der Waals surface area contributed by atoms with Gasteiger partial charge in [-0.1, -0.05) is 11.8 Å². The van der Waals surface area contributed by atoms with Crippen LogP contribution < -0.4 is 21.1 Å². The monoisotopic (exact) mass is 523 g/mol. The fourth-order valence-electron chi connectivity index (χ4n) is 4.24. The van der Waals surface area contributed by atoms with Crippen LogP contribution in [0.1, 0.15) is 44.6 Å². The minimum absolute atomic E-state index is 0.166. The van der Waals surface area contributed by atoms with E-state index in [1.165, 1.54) is 47.8 Å². The Kier molecular flexibility index (Phi) is 12.3. The van der Waals surface area contributed by atoms with Crippen LogP contribution in [0.3, 0.4) is 0 Å². The summed E-state index contributed by atoms with van der Waals surface area (Å²) >= 11 is 0. The molecule has 4 heterocycles. The molecule has 2 aliphatic rings. The fraction of sp³-hybridized carbons (Fsp3) is 0.500. The third kappa shape index (κ3) is 10.00. The summed E-state index contributed by atoms with van der Waals surface area (Å²) < 4.78 is 11.7. The van der Waals surface area contributed by atoms with Gasteiger partial charge in [-0.25, -0.2) is 0 Å². The molecule has 38 heavy (non-hydrogen) atoms. The third-order valence-corrected chi connectivity index (χ3v) is 6.17. The van der Waals surface area contributed by atoms with Crippen LogP contribution >= 0.6 is 0 Å². The quantitative estimate of drug-likeness (QED) is 0.307. The van der Waals surface area contributed by atoms with Crippen molar-refractivity contribution in [3.05, 3.63) is 52.7 Å². The third-order valence-electron chi connectivity index (χ3n) is 6.17. The Morgan fingerprint density at radius 2 is 2.00 bits per heavy atom. The van der Waals surface area contributed by atoms with E-state index < -0.39 is 5.97 Å². The zero-order valence-electron chi connectivity index (χ0n) is 22.0. The van der Waals surface area contributed by atoms with Crippen LogP contribution in [-0.4, -0.2) is 67.4 Å². The molecule has 0 atom stereocenters. The lowest BCUT2D eigenvalue weighted by molar-refractivity contribution is -0.143. The molecule has 1 amide bonds. The van der Waals surface area contributed by atoms with E-state index in [1.54, 1.807) is 6.92 Å². The van der Waals surface area contributed by atoms with Crippen LogP contribution in [-0.2, 0) is 25.6 Å². The number of hydrogen-bond donors (Lipinski definition) is 2. The highest BCUT2D eigenvalue weighted by Gasteiger charge is 2.13. The minimum atomic E-state index is -0.493. The Morgan fingerprint density at radius 1 is 1.21 bits per heavy atom. The topological polar surface area (TPSA) is 115 Å². The van der Waals surface area contributed by atoms with Gasteiger partial charge in [0.15, 0.2) is 0 Å². The van der Waals surface area contributed by atoms with Crippen LogP contribution in [0.25, 0.3) is 0 Å². The van der Waals surface area contributed by atoms with Crippen LogP contribution in [0, 0.1) is 11.8 Å². The van der Waals surface area contributed by atoms with Gasteiger partial charge in [0.1, 0.15) is 13.2 Å². The van der Waals surface area contributed by atoms with Crippen molar-refractivity contribution >= 4 is 23.8 Å². The molecule has 0 spiro atoms. The molecule has 204 valence electrons. The van der Waals surface area contributed by atoms with Gasteiger partial charge in [-0.2, -0.15) is 0 Å². The first-order chi connectivity index (χ1) is 18.6. The number of anilines is 2. The molecule has 2 aliphatic heterocycles. The second-order valence-electron chi connectivity index (χ2n) is 8.99. The number of hydrogen-bond acceptors (Lipinski definition) is 8. The van der Waals surface area contributed by atoms with Gasteiger partial charge in [0, 0.05) is 37.1 Å². The number of carbonyl (C=O) groups is 2. The van der Waals surface area contributed by atoms with Gasteiger partial charge >= 0.3 is 5.97 Å². The second kappa shape index (κ2) is 16.2. The maximum Gasteiger partial charge on any atom is 0.326 e. The normalized spacial score (nSPS) is 15.3. The number of carbonyl (C=O) groups excluding carboxylic acids is 2. The molecule has 0 aliphatic carbocycles. The number of rotatable bonds is 8. The molecule has 4 rings (SSSR count). The Hall–Kier alpha value is -3.68. The predicted octanol–water partition coefficient (Wildman–Crippen LogP) is 2.17. The smallest absolute Gasteiger partial charge is 0.326 e. The molecule has 0 aromatic carbocycles. The maximum atomic E-state index is 11.4. The van der Waals surface area contributed by atoms with Gasteiger partial charge in [0.25, 0.3) is 5.56 Å². The molecule has 2 saturated heterocycles. The van der Waals surface area contributed by atoms with E-state index in [4.69, 9.17) is 9.47 Å². The molecule has 2 aromatic rings. The molecule has 0 radical (unpaired) electrons.